The summed E-state index contributed by atoms with van der Waals surface area (Å²) in [6.45, 7) is 1.70. The Bertz CT molecular complexity index is 1650. The predicted molar refractivity (Wildman–Crippen MR) is 141 cm³/mol. The number of carboxylic acid groups (broad SMARTS) is 1. The SMILES string of the molecule is CCc1ccc(OCC(=O)O)c(S(=O)(=O)Nc2noc3cc(Cn4cc(CNC(=O)OC)cn4)cc(OC)c23)c1. The Labute approximate surface area is 228 Å². The highest BCUT2D eigenvalue weighted by atomic mass is 32.2. The van der Waals surface area contributed by atoms with Gasteiger partial charge in [0.15, 0.2) is 18.0 Å². The summed E-state index contributed by atoms with van der Waals surface area (Å²) in [5.74, 6) is -1.17. The lowest BCUT2D eigenvalue weighted by molar-refractivity contribution is -0.139. The first kappa shape index (κ1) is 28.2. The average molecular weight is 574 g/mol. The molecule has 0 aliphatic heterocycles. The molecule has 0 atom stereocenters. The second-order valence-electron chi connectivity index (χ2n) is 8.52. The van der Waals surface area contributed by atoms with E-state index in [9.17, 15) is 18.0 Å². The van der Waals surface area contributed by atoms with Gasteiger partial charge in [-0.25, -0.2) is 18.0 Å². The molecule has 0 radical (unpaired) electrons. The Morgan fingerprint density at radius 1 is 1.10 bits per heavy atom. The second-order valence-corrected chi connectivity index (χ2v) is 10.2. The van der Waals surface area contributed by atoms with Gasteiger partial charge < -0.3 is 29.2 Å². The van der Waals surface area contributed by atoms with E-state index < -0.39 is 28.7 Å². The molecule has 0 unspecified atom stereocenters. The molecule has 1 amide bonds. The van der Waals surface area contributed by atoms with Crippen LogP contribution in [0.2, 0.25) is 0 Å². The van der Waals surface area contributed by atoms with Crippen LogP contribution in [0, 0.1) is 0 Å². The van der Waals surface area contributed by atoms with Crippen LogP contribution in [-0.4, -0.2) is 61.4 Å². The molecule has 4 aromatic rings. The van der Waals surface area contributed by atoms with Crippen molar-refractivity contribution in [1.82, 2.24) is 20.3 Å². The van der Waals surface area contributed by atoms with Crippen molar-refractivity contribution >= 4 is 38.9 Å². The van der Waals surface area contributed by atoms with E-state index in [4.69, 9.17) is 19.1 Å². The molecule has 3 N–H and O–H groups in total. The van der Waals surface area contributed by atoms with Crippen LogP contribution in [0.1, 0.15) is 23.6 Å². The Kier molecular flexibility index (Phi) is 8.43. The largest absolute Gasteiger partial charge is 0.496 e. The highest BCUT2D eigenvalue weighted by Crippen LogP contribution is 2.36. The number of anilines is 1. The second kappa shape index (κ2) is 11.9. The number of sulfonamides is 1. The molecule has 40 heavy (non-hydrogen) atoms. The molecule has 0 aliphatic carbocycles. The van der Waals surface area contributed by atoms with Crippen molar-refractivity contribution in [2.24, 2.45) is 0 Å². The zero-order valence-corrected chi connectivity index (χ0v) is 22.6. The van der Waals surface area contributed by atoms with Crippen LogP contribution in [0.15, 0.2) is 52.1 Å². The summed E-state index contributed by atoms with van der Waals surface area (Å²) in [5.41, 5.74) is 2.45. The maximum atomic E-state index is 13.4. The van der Waals surface area contributed by atoms with E-state index in [0.717, 1.165) is 11.1 Å². The molecule has 0 saturated carbocycles. The van der Waals surface area contributed by atoms with Gasteiger partial charge in [-0.05, 0) is 41.8 Å². The highest BCUT2D eigenvalue weighted by Gasteiger charge is 2.25. The molecule has 212 valence electrons. The summed E-state index contributed by atoms with van der Waals surface area (Å²) in [6, 6.07) is 7.86. The van der Waals surface area contributed by atoms with Gasteiger partial charge in [0, 0.05) is 18.3 Å². The van der Waals surface area contributed by atoms with Gasteiger partial charge in [-0.2, -0.15) is 5.10 Å². The Hall–Kier alpha value is -4.79. The van der Waals surface area contributed by atoms with Gasteiger partial charge in [0.2, 0.25) is 0 Å². The van der Waals surface area contributed by atoms with Gasteiger partial charge >= 0.3 is 12.1 Å². The first-order chi connectivity index (χ1) is 19.1. The summed E-state index contributed by atoms with van der Waals surface area (Å²) in [4.78, 5) is 22.0. The fourth-order valence-electron chi connectivity index (χ4n) is 3.85. The van der Waals surface area contributed by atoms with E-state index in [1.54, 1.807) is 35.3 Å². The Balaban J connectivity index is 1.61. The summed E-state index contributed by atoms with van der Waals surface area (Å²) >= 11 is 0. The first-order valence-corrected chi connectivity index (χ1v) is 13.4. The number of rotatable bonds is 12. The molecule has 0 fully saturated rings. The molecule has 0 bridgehead atoms. The Morgan fingerprint density at radius 3 is 2.60 bits per heavy atom. The Morgan fingerprint density at radius 2 is 1.90 bits per heavy atom. The van der Waals surface area contributed by atoms with Crippen molar-refractivity contribution in [1.29, 1.82) is 0 Å². The third-order valence-corrected chi connectivity index (χ3v) is 7.12. The topological polar surface area (TPSA) is 184 Å². The standard InChI is InChI=1S/C25H27N5O9S/c1-4-15-5-6-18(38-14-22(31)32)21(9-15)40(34,35)29-24-23-19(36-2)7-16(8-20(23)39-28-24)12-30-13-17(11-27-30)10-26-25(33)37-3/h5-9,11,13H,4,10,12,14H2,1-3H3,(H,26,33)(H,28,29)(H,31,32). The van der Waals surface area contributed by atoms with Gasteiger partial charge in [0.05, 0.1) is 27.0 Å². The zero-order valence-electron chi connectivity index (χ0n) is 21.8. The van der Waals surface area contributed by atoms with Crippen LogP contribution < -0.4 is 19.5 Å². The summed E-state index contributed by atoms with van der Waals surface area (Å²) < 4.78 is 51.6. The number of hydrogen-bond acceptors (Lipinski definition) is 10. The number of aromatic nitrogens is 3. The first-order valence-electron chi connectivity index (χ1n) is 11.9. The molecule has 0 aliphatic rings. The number of fused-ring (bicyclic) bond motifs is 1. The predicted octanol–water partition coefficient (Wildman–Crippen LogP) is 2.76. The maximum Gasteiger partial charge on any atom is 0.407 e. The molecular formula is C25H27N5O9S. The van der Waals surface area contributed by atoms with E-state index in [1.807, 2.05) is 6.92 Å². The number of methoxy groups -OCH3 is 2. The zero-order chi connectivity index (χ0) is 28.9. The summed E-state index contributed by atoms with van der Waals surface area (Å²) in [7, 11) is -1.57. The van der Waals surface area contributed by atoms with Crippen molar-refractivity contribution in [2.75, 3.05) is 25.5 Å². The molecule has 0 spiro atoms. The number of carbonyl (C=O) groups excluding carboxylic acids is 1. The van der Waals surface area contributed by atoms with E-state index >= 15 is 0 Å². The third-order valence-electron chi connectivity index (χ3n) is 5.76. The quantitative estimate of drug-likeness (QED) is 0.226. The van der Waals surface area contributed by atoms with Crippen molar-refractivity contribution in [3.63, 3.8) is 0 Å². The number of amides is 1. The van der Waals surface area contributed by atoms with Crippen LogP contribution in [0.4, 0.5) is 10.6 Å². The molecule has 4 rings (SSSR count). The number of aliphatic carboxylic acids is 1. The lowest BCUT2D eigenvalue weighted by atomic mass is 10.1. The van der Waals surface area contributed by atoms with Crippen LogP contribution in [-0.2, 0) is 39.1 Å². The number of nitrogens with zero attached hydrogens (tertiary/aromatic N) is 3. The van der Waals surface area contributed by atoms with Gasteiger partial charge in [0.1, 0.15) is 21.8 Å². The van der Waals surface area contributed by atoms with Crippen LogP contribution in [0.3, 0.4) is 0 Å². The molecule has 2 aromatic carbocycles. The lowest BCUT2D eigenvalue weighted by Gasteiger charge is -2.13. The fraction of sp³-hybridized carbons (Fsp3) is 0.280. The van der Waals surface area contributed by atoms with Crippen LogP contribution in [0.25, 0.3) is 11.0 Å². The maximum absolute atomic E-state index is 13.4. The monoisotopic (exact) mass is 573 g/mol. The number of hydrogen-bond donors (Lipinski definition) is 3. The van der Waals surface area contributed by atoms with Gasteiger partial charge in [-0.3, -0.25) is 9.40 Å². The van der Waals surface area contributed by atoms with Crippen LogP contribution in [0.5, 0.6) is 11.5 Å². The van der Waals surface area contributed by atoms with E-state index in [2.05, 4.69) is 25.0 Å². The minimum absolute atomic E-state index is 0.111. The number of alkyl carbamates (subject to hydrolysis) is 1. The smallest absolute Gasteiger partial charge is 0.407 e. The molecule has 15 heteroatoms. The van der Waals surface area contributed by atoms with Crippen molar-refractivity contribution in [2.45, 2.75) is 31.3 Å². The van der Waals surface area contributed by atoms with E-state index in [-0.39, 0.29) is 34.0 Å². The van der Waals surface area contributed by atoms with E-state index in [1.165, 1.54) is 26.4 Å². The average Bonchev–Trinajstić information content (AvgIpc) is 3.56. The molecule has 0 saturated heterocycles. The fourth-order valence-corrected chi connectivity index (χ4v) is 5.06. The highest BCUT2D eigenvalue weighted by molar-refractivity contribution is 7.92. The summed E-state index contributed by atoms with van der Waals surface area (Å²) in [6.07, 6.45) is 3.35. The lowest BCUT2D eigenvalue weighted by Crippen LogP contribution is -2.21. The number of carbonyl (C=O) groups is 2. The molecule has 14 nitrogen and oxygen atoms in total. The molecule has 2 aromatic heterocycles. The summed E-state index contributed by atoms with van der Waals surface area (Å²) in [5, 5.41) is 20.0. The van der Waals surface area contributed by atoms with Crippen molar-refractivity contribution in [3.8, 4) is 11.5 Å². The van der Waals surface area contributed by atoms with Crippen molar-refractivity contribution < 1.29 is 41.8 Å². The molecule has 2 heterocycles. The van der Waals surface area contributed by atoms with Gasteiger partial charge in [0.25, 0.3) is 10.0 Å². The van der Waals surface area contributed by atoms with E-state index in [0.29, 0.717) is 24.3 Å². The molecular weight excluding hydrogens is 546 g/mol. The minimum atomic E-state index is -4.28. The van der Waals surface area contributed by atoms with Crippen LogP contribution >= 0.6 is 0 Å². The normalized spacial score (nSPS) is 11.3. The third kappa shape index (κ3) is 6.43. The number of benzene rings is 2. The number of nitrogens with one attached hydrogen (secondary N) is 2. The minimum Gasteiger partial charge on any atom is -0.496 e. The van der Waals surface area contributed by atoms with Gasteiger partial charge in [-0.15, -0.1) is 0 Å². The number of ether oxygens (including phenoxy) is 3. The van der Waals surface area contributed by atoms with Crippen molar-refractivity contribution in [3.05, 3.63) is 59.4 Å². The van der Waals surface area contributed by atoms with Gasteiger partial charge in [-0.1, -0.05) is 18.1 Å². The number of carboxylic acids is 1. The number of aryl methyl sites for hydroxylation is 1.